The first-order chi connectivity index (χ1) is 13.5. The minimum Gasteiger partial charge on any atom is -0.497 e. The molecular formula is C21H16ClN3O3. The molecule has 140 valence electrons. The van der Waals surface area contributed by atoms with Crippen LogP contribution in [-0.4, -0.2) is 28.9 Å². The summed E-state index contributed by atoms with van der Waals surface area (Å²) in [6, 6.07) is 16.1. The van der Waals surface area contributed by atoms with Gasteiger partial charge < -0.3 is 10.1 Å². The monoisotopic (exact) mass is 393 g/mol. The SMILES string of the molecule is COc1ccc2nc(Cl)c(/C=C3\NC(=O)N(Cc4ccccc4)C3=O)cc2c1. The largest absolute Gasteiger partial charge is 0.497 e. The summed E-state index contributed by atoms with van der Waals surface area (Å²) < 4.78 is 5.23. The van der Waals surface area contributed by atoms with Crippen molar-refractivity contribution in [1.82, 2.24) is 15.2 Å². The lowest BCUT2D eigenvalue weighted by molar-refractivity contribution is -0.123. The van der Waals surface area contributed by atoms with E-state index in [-0.39, 0.29) is 17.4 Å². The van der Waals surface area contributed by atoms with E-state index in [4.69, 9.17) is 16.3 Å². The first-order valence-corrected chi connectivity index (χ1v) is 8.96. The Morgan fingerprint density at radius 1 is 1.14 bits per heavy atom. The minimum absolute atomic E-state index is 0.159. The molecule has 1 aliphatic rings. The second kappa shape index (κ2) is 7.32. The number of benzene rings is 2. The lowest BCUT2D eigenvalue weighted by Gasteiger charge is -2.11. The number of hydrogen-bond acceptors (Lipinski definition) is 4. The quantitative estimate of drug-likeness (QED) is 0.413. The smallest absolute Gasteiger partial charge is 0.329 e. The Morgan fingerprint density at radius 3 is 2.68 bits per heavy atom. The third kappa shape index (κ3) is 3.42. The molecule has 4 rings (SSSR count). The van der Waals surface area contributed by atoms with Crippen LogP contribution in [0.3, 0.4) is 0 Å². The number of methoxy groups -OCH3 is 1. The van der Waals surface area contributed by atoms with Gasteiger partial charge in [-0.1, -0.05) is 41.9 Å². The first kappa shape index (κ1) is 18.0. The van der Waals surface area contributed by atoms with E-state index in [2.05, 4.69) is 10.3 Å². The highest BCUT2D eigenvalue weighted by atomic mass is 35.5. The zero-order chi connectivity index (χ0) is 19.7. The number of aromatic nitrogens is 1. The number of rotatable bonds is 4. The normalized spacial score (nSPS) is 15.4. The highest BCUT2D eigenvalue weighted by Gasteiger charge is 2.33. The number of carbonyl (C=O) groups excluding carboxylic acids is 2. The van der Waals surface area contributed by atoms with Gasteiger partial charge in [0.2, 0.25) is 0 Å². The Labute approximate surface area is 166 Å². The zero-order valence-electron chi connectivity index (χ0n) is 15.0. The molecule has 0 spiro atoms. The van der Waals surface area contributed by atoms with Gasteiger partial charge >= 0.3 is 6.03 Å². The number of amides is 3. The molecule has 1 aliphatic heterocycles. The van der Waals surface area contributed by atoms with Crippen LogP contribution in [0.2, 0.25) is 5.15 Å². The van der Waals surface area contributed by atoms with Gasteiger partial charge in [-0.2, -0.15) is 0 Å². The van der Waals surface area contributed by atoms with Crippen LogP contribution in [0.15, 0.2) is 60.3 Å². The van der Waals surface area contributed by atoms with E-state index in [0.29, 0.717) is 16.8 Å². The number of nitrogens with one attached hydrogen (secondary N) is 1. The van der Waals surface area contributed by atoms with Crippen LogP contribution < -0.4 is 10.1 Å². The van der Waals surface area contributed by atoms with Crippen molar-refractivity contribution < 1.29 is 14.3 Å². The summed E-state index contributed by atoms with van der Waals surface area (Å²) >= 11 is 6.28. The maximum absolute atomic E-state index is 12.7. The highest BCUT2D eigenvalue weighted by Crippen LogP contribution is 2.26. The van der Waals surface area contributed by atoms with Gasteiger partial charge in [-0.15, -0.1) is 0 Å². The summed E-state index contributed by atoms with van der Waals surface area (Å²) in [6.07, 6.45) is 1.54. The van der Waals surface area contributed by atoms with E-state index in [9.17, 15) is 9.59 Å². The van der Waals surface area contributed by atoms with Gasteiger partial charge in [0, 0.05) is 10.9 Å². The number of pyridine rings is 1. The third-order valence-corrected chi connectivity index (χ3v) is 4.75. The molecule has 1 fully saturated rings. The van der Waals surface area contributed by atoms with E-state index < -0.39 is 11.9 Å². The van der Waals surface area contributed by atoms with Crippen molar-refractivity contribution in [2.24, 2.45) is 0 Å². The molecule has 6 nitrogen and oxygen atoms in total. The predicted octanol–water partition coefficient (Wildman–Crippen LogP) is 3.99. The molecular weight excluding hydrogens is 378 g/mol. The first-order valence-electron chi connectivity index (χ1n) is 8.58. The molecule has 0 aliphatic carbocycles. The van der Waals surface area contributed by atoms with Crippen LogP contribution >= 0.6 is 11.6 Å². The Balaban J connectivity index is 1.66. The molecule has 28 heavy (non-hydrogen) atoms. The van der Waals surface area contributed by atoms with E-state index >= 15 is 0 Å². The fourth-order valence-electron chi connectivity index (χ4n) is 3.01. The molecule has 1 N–H and O–H groups in total. The van der Waals surface area contributed by atoms with Crippen molar-refractivity contribution in [2.75, 3.05) is 7.11 Å². The fraction of sp³-hybridized carbons (Fsp3) is 0.0952. The molecule has 0 unspecified atom stereocenters. The Morgan fingerprint density at radius 2 is 1.93 bits per heavy atom. The standard InChI is InChI=1S/C21H16ClN3O3/c1-28-16-7-8-17-14(10-16)9-15(19(22)23-17)11-18-20(26)25(21(27)24-18)12-13-5-3-2-4-6-13/h2-11H,12H2,1H3,(H,24,27)/b18-11-. The molecule has 3 amide bonds. The maximum Gasteiger partial charge on any atom is 0.329 e. The second-order valence-corrected chi connectivity index (χ2v) is 6.65. The predicted molar refractivity (Wildman–Crippen MR) is 107 cm³/mol. The molecule has 0 atom stereocenters. The van der Waals surface area contributed by atoms with Gasteiger partial charge in [0.05, 0.1) is 19.2 Å². The van der Waals surface area contributed by atoms with E-state index in [1.165, 1.54) is 0 Å². The van der Waals surface area contributed by atoms with Gasteiger partial charge in [0.25, 0.3) is 5.91 Å². The molecule has 2 aromatic carbocycles. The lowest BCUT2D eigenvalue weighted by atomic mass is 10.1. The molecule has 2 heterocycles. The minimum atomic E-state index is -0.466. The Hall–Kier alpha value is -3.38. The summed E-state index contributed by atoms with van der Waals surface area (Å²) in [5.41, 5.74) is 2.27. The Kier molecular flexibility index (Phi) is 4.71. The van der Waals surface area contributed by atoms with Crippen LogP contribution in [0.4, 0.5) is 4.79 Å². The number of halogens is 1. The number of ether oxygens (including phenoxy) is 1. The van der Waals surface area contributed by atoms with Gasteiger partial charge in [0.1, 0.15) is 16.6 Å². The molecule has 0 bridgehead atoms. The summed E-state index contributed by atoms with van der Waals surface area (Å²) in [5.74, 6) is 0.283. The van der Waals surface area contributed by atoms with Gasteiger partial charge in [0.15, 0.2) is 0 Å². The maximum atomic E-state index is 12.7. The fourth-order valence-corrected chi connectivity index (χ4v) is 3.21. The van der Waals surface area contributed by atoms with Crippen LogP contribution in [-0.2, 0) is 11.3 Å². The number of hydrogen-bond donors (Lipinski definition) is 1. The average molecular weight is 394 g/mol. The van der Waals surface area contributed by atoms with Crippen LogP contribution in [0.25, 0.3) is 17.0 Å². The van der Waals surface area contributed by atoms with Crippen LogP contribution in [0, 0.1) is 0 Å². The van der Waals surface area contributed by atoms with Crippen molar-refractivity contribution in [3.8, 4) is 5.75 Å². The lowest BCUT2D eigenvalue weighted by Crippen LogP contribution is -2.30. The summed E-state index contributed by atoms with van der Waals surface area (Å²) in [7, 11) is 1.58. The number of fused-ring (bicyclic) bond motifs is 1. The number of carbonyl (C=O) groups is 2. The van der Waals surface area contributed by atoms with E-state index in [1.807, 2.05) is 36.4 Å². The van der Waals surface area contributed by atoms with Crippen LogP contribution in [0.5, 0.6) is 5.75 Å². The number of urea groups is 1. The molecule has 1 saturated heterocycles. The molecule has 0 saturated carbocycles. The molecule has 7 heteroatoms. The Bertz CT molecular complexity index is 1110. The summed E-state index contributed by atoms with van der Waals surface area (Å²) in [5, 5.41) is 3.67. The summed E-state index contributed by atoms with van der Waals surface area (Å²) in [4.78, 5) is 30.5. The average Bonchev–Trinajstić information content (AvgIpc) is 2.96. The van der Waals surface area contributed by atoms with Crippen molar-refractivity contribution in [1.29, 1.82) is 0 Å². The van der Waals surface area contributed by atoms with Crippen molar-refractivity contribution in [3.05, 3.63) is 76.6 Å². The van der Waals surface area contributed by atoms with Crippen molar-refractivity contribution in [2.45, 2.75) is 6.54 Å². The molecule has 3 aromatic rings. The second-order valence-electron chi connectivity index (χ2n) is 6.29. The van der Waals surface area contributed by atoms with Crippen LogP contribution in [0.1, 0.15) is 11.1 Å². The molecule has 0 radical (unpaired) electrons. The van der Waals surface area contributed by atoms with Gasteiger partial charge in [-0.25, -0.2) is 9.78 Å². The number of nitrogens with zero attached hydrogens (tertiary/aromatic N) is 2. The van der Waals surface area contributed by atoms with E-state index in [0.717, 1.165) is 15.8 Å². The third-order valence-electron chi connectivity index (χ3n) is 4.45. The van der Waals surface area contributed by atoms with Gasteiger partial charge in [-0.05, 0) is 35.9 Å². The topological polar surface area (TPSA) is 71.5 Å². The van der Waals surface area contributed by atoms with Crippen molar-refractivity contribution >= 4 is 40.5 Å². The zero-order valence-corrected chi connectivity index (χ0v) is 15.7. The summed E-state index contributed by atoms with van der Waals surface area (Å²) in [6.45, 7) is 0.198. The highest BCUT2D eigenvalue weighted by molar-refractivity contribution is 6.31. The van der Waals surface area contributed by atoms with Gasteiger partial charge in [-0.3, -0.25) is 9.69 Å². The van der Waals surface area contributed by atoms with Crippen molar-refractivity contribution in [3.63, 3.8) is 0 Å². The molecule has 1 aromatic heterocycles. The van der Waals surface area contributed by atoms with E-state index in [1.54, 1.807) is 31.4 Å². The number of imide groups is 1.